The number of carbonyl (C=O) groups is 4. The first-order chi connectivity index (χ1) is 24.6. The number of benzene rings is 2. The summed E-state index contributed by atoms with van der Waals surface area (Å²) < 4.78 is 23.0. The van der Waals surface area contributed by atoms with E-state index in [1.54, 1.807) is 52.0 Å². The molecule has 0 aliphatic heterocycles. The topological polar surface area (TPSA) is 115 Å². The monoisotopic (exact) mass is 768 g/mol. The van der Waals surface area contributed by atoms with Crippen molar-refractivity contribution in [3.63, 3.8) is 0 Å². The van der Waals surface area contributed by atoms with E-state index in [-0.39, 0.29) is 40.7 Å². The SMILES string of the molecule is Cc1cc(C)c(C(=O)P(=O)(C(=O)c2c(C)cc(C)cc2C)C(C(=O)OC2CCC(C)CC2C(C)C)C(Cl)(C(=O)O)C2CC(C)CCC2C(C)C)c(C)c1. The fraction of sp³-hybridized carbons (Fsp3) is 0.636. The van der Waals surface area contributed by atoms with Gasteiger partial charge < -0.3 is 14.4 Å². The zero-order valence-corrected chi connectivity index (χ0v) is 35.6. The van der Waals surface area contributed by atoms with Crippen molar-refractivity contribution in [3.05, 3.63) is 68.8 Å². The number of carbonyl (C=O) groups excluding carboxylic acids is 3. The van der Waals surface area contributed by atoms with E-state index < -0.39 is 52.7 Å². The second kappa shape index (κ2) is 16.5. The number of aliphatic carboxylic acids is 1. The van der Waals surface area contributed by atoms with Crippen LogP contribution < -0.4 is 0 Å². The molecule has 4 rings (SSSR count). The van der Waals surface area contributed by atoms with Crippen LogP contribution in [0.15, 0.2) is 24.3 Å². The van der Waals surface area contributed by atoms with E-state index in [0.29, 0.717) is 47.4 Å². The summed E-state index contributed by atoms with van der Waals surface area (Å²) in [5, 5.41) is 11.4. The van der Waals surface area contributed by atoms with Gasteiger partial charge in [0.05, 0.1) is 0 Å². The standard InChI is InChI=1S/C44H62ClO7P/c1-23(2)33-15-13-26(6)22-35(33)44(45,43(49)50)39(40(46)52-36-16-14-25(5)21-34(36)24(3)4)53(51,41(47)37-29(9)17-27(7)18-30(37)10)42(48)38-31(11)19-28(8)20-32(38)12/h17-20,23-26,33-36,39H,13-16,21-22H2,1-12H3,(H,49,50). The summed E-state index contributed by atoms with van der Waals surface area (Å²) in [6.07, 6.45) is 3.28. The zero-order chi connectivity index (χ0) is 39.9. The Morgan fingerprint density at radius 3 is 1.55 bits per heavy atom. The molecule has 0 radical (unpaired) electrons. The molecule has 0 amide bonds. The van der Waals surface area contributed by atoms with Crippen molar-refractivity contribution < 1.29 is 33.6 Å². The molecule has 2 aliphatic carbocycles. The van der Waals surface area contributed by atoms with E-state index in [1.807, 2.05) is 34.6 Å². The van der Waals surface area contributed by atoms with Crippen LogP contribution in [-0.2, 0) is 18.9 Å². The highest BCUT2D eigenvalue weighted by Crippen LogP contribution is 2.65. The van der Waals surface area contributed by atoms with Crippen LogP contribution in [0.5, 0.6) is 0 Å². The van der Waals surface area contributed by atoms with Gasteiger partial charge in [0, 0.05) is 11.1 Å². The first-order valence-electron chi connectivity index (χ1n) is 19.5. The second-order valence-electron chi connectivity index (χ2n) is 17.5. The van der Waals surface area contributed by atoms with Gasteiger partial charge in [-0.25, -0.2) is 0 Å². The lowest BCUT2D eigenvalue weighted by atomic mass is 9.64. The Bertz CT molecular complexity index is 1680. The smallest absolute Gasteiger partial charge is 0.326 e. The van der Waals surface area contributed by atoms with Gasteiger partial charge in [0.2, 0.25) is 18.2 Å². The molecule has 2 aliphatic rings. The number of rotatable bonds is 12. The molecule has 9 heteroatoms. The molecule has 53 heavy (non-hydrogen) atoms. The van der Waals surface area contributed by atoms with Crippen molar-refractivity contribution in [2.45, 2.75) is 138 Å². The van der Waals surface area contributed by atoms with Gasteiger partial charge in [0.1, 0.15) is 6.10 Å². The fourth-order valence-corrected chi connectivity index (χ4v) is 13.9. The molecule has 2 fully saturated rings. The molecule has 2 saturated carbocycles. The van der Waals surface area contributed by atoms with Crippen LogP contribution in [0, 0.1) is 83.0 Å². The van der Waals surface area contributed by atoms with Crippen molar-refractivity contribution in [2.24, 2.45) is 41.4 Å². The largest absolute Gasteiger partial charge is 0.480 e. The Morgan fingerprint density at radius 1 is 0.717 bits per heavy atom. The van der Waals surface area contributed by atoms with Crippen molar-refractivity contribution in [1.82, 2.24) is 0 Å². The van der Waals surface area contributed by atoms with E-state index in [4.69, 9.17) is 16.3 Å². The second-order valence-corrected chi connectivity index (χ2v) is 20.8. The molecule has 0 saturated heterocycles. The minimum absolute atomic E-state index is 0.0410. The minimum Gasteiger partial charge on any atom is -0.480 e. The molecule has 2 aromatic rings. The maximum Gasteiger partial charge on any atom is 0.326 e. The van der Waals surface area contributed by atoms with Crippen LogP contribution in [0.3, 0.4) is 0 Å². The first-order valence-corrected chi connectivity index (χ1v) is 21.7. The third-order valence-corrected chi connectivity index (χ3v) is 16.3. The quantitative estimate of drug-likeness (QED) is 0.130. The van der Waals surface area contributed by atoms with Crippen LogP contribution in [0.4, 0.5) is 0 Å². The van der Waals surface area contributed by atoms with Crippen LogP contribution in [0.2, 0.25) is 0 Å². The van der Waals surface area contributed by atoms with Gasteiger partial charge >= 0.3 is 11.9 Å². The van der Waals surface area contributed by atoms with Crippen LogP contribution in [0.25, 0.3) is 0 Å². The van der Waals surface area contributed by atoms with Gasteiger partial charge in [-0.2, -0.15) is 0 Å². The number of carboxylic acid groups (broad SMARTS) is 1. The van der Waals surface area contributed by atoms with Crippen molar-refractivity contribution in [3.8, 4) is 0 Å². The van der Waals surface area contributed by atoms with E-state index >= 15 is 18.9 Å². The van der Waals surface area contributed by atoms with E-state index in [2.05, 4.69) is 20.8 Å². The number of ether oxygens (including phenoxy) is 1. The predicted molar refractivity (Wildman–Crippen MR) is 214 cm³/mol. The summed E-state index contributed by atoms with van der Waals surface area (Å²) in [6.45, 7) is 22.8. The lowest BCUT2D eigenvalue weighted by Crippen LogP contribution is -2.59. The Balaban J connectivity index is 2.14. The molecule has 0 spiro atoms. The predicted octanol–water partition coefficient (Wildman–Crippen LogP) is 11.0. The molecule has 2 aromatic carbocycles. The lowest BCUT2D eigenvalue weighted by Gasteiger charge is -2.48. The van der Waals surface area contributed by atoms with E-state index in [1.165, 1.54) is 0 Å². The average Bonchev–Trinajstić information content (AvgIpc) is 3.03. The van der Waals surface area contributed by atoms with E-state index in [9.17, 15) is 9.90 Å². The average molecular weight is 769 g/mol. The van der Waals surface area contributed by atoms with Crippen molar-refractivity contribution in [2.75, 3.05) is 0 Å². The highest BCUT2D eigenvalue weighted by molar-refractivity contribution is 7.96. The Morgan fingerprint density at radius 2 is 1.13 bits per heavy atom. The normalized spacial score (nSPS) is 25.5. The molecule has 8 unspecified atom stereocenters. The third kappa shape index (κ3) is 8.27. The van der Waals surface area contributed by atoms with Crippen molar-refractivity contribution in [1.29, 1.82) is 0 Å². The van der Waals surface area contributed by atoms with Gasteiger partial charge in [0.15, 0.2) is 10.5 Å². The Hall–Kier alpha value is -2.76. The maximum absolute atomic E-state index is 16.6. The first kappa shape index (κ1) is 43.0. The number of hydrogen-bond donors (Lipinski definition) is 1. The highest BCUT2D eigenvalue weighted by Gasteiger charge is 2.68. The number of alkyl halides is 1. The Labute approximate surface area is 322 Å². The molecule has 0 bridgehead atoms. The summed E-state index contributed by atoms with van der Waals surface area (Å²) in [7, 11) is -5.36. The number of hydrogen-bond acceptors (Lipinski definition) is 6. The summed E-state index contributed by atoms with van der Waals surface area (Å²) in [5.41, 5.74) is -0.654. The van der Waals surface area contributed by atoms with Gasteiger partial charge in [-0.15, -0.1) is 11.6 Å². The number of aryl methyl sites for hydroxylation is 6. The molecule has 0 heterocycles. The van der Waals surface area contributed by atoms with E-state index in [0.717, 1.165) is 30.4 Å². The van der Waals surface area contributed by atoms with Gasteiger partial charge in [0.25, 0.3) is 0 Å². The number of halogens is 1. The molecular formula is C44H62ClO7P. The summed E-state index contributed by atoms with van der Waals surface area (Å²) in [4.78, 5) is 57.8. The fourth-order valence-electron chi connectivity index (χ4n) is 9.90. The maximum atomic E-state index is 16.6. The Kier molecular flexibility index (Phi) is 13.4. The minimum atomic E-state index is -5.36. The van der Waals surface area contributed by atoms with Crippen molar-refractivity contribution >= 4 is 41.7 Å². The molecule has 0 aromatic heterocycles. The van der Waals surface area contributed by atoms with Gasteiger partial charge in [-0.05, 0) is 137 Å². The third-order valence-electron chi connectivity index (χ3n) is 12.5. The van der Waals surface area contributed by atoms with Crippen LogP contribution >= 0.6 is 18.7 Å². The molecule has 7 nitrogen and oxygen atoms in total. The molecule has 1 N–H and O–H groups in total. The highest BCUT2D eigenvalue weighted by atomic mass is 35.5. The zero-order valence-electron chi connectivity index (χ0n) is 34.0. The van der Waals surface area contributed by atoms with Gasteiger partial charge in [-0.3, -0.25) is 19.2 Å². The molecule has 292 valence electrons. The number of esters is 1. The molecular weight excluding hydrogens is 707 g/mol. The van der Waals surface area contributed by atoms with Gasteiger partial charge in [-0.1, -0.05) is 83.4 Å². The summed E-state index contributed by atoms with van der Waals surface area (Å²) in [6, 6.07) is 7.07. The number of carboxylic acids is 1. The van der Waals surface area contributed by atoms with Crippen LogP contribution in [-0.4, -0.2) is 44.7 Å². The van der Waals surface area contributed by atoms with Crippen LogP contribution in [0.1, 0.15) is 134 Å². The lowest BCUT2D eigenvalue weighted by molar-refractivity contribution is -0.160. The summed E-state index contributed by atoms with van der Waals surface area (Å²) >= 11 is 7.64. The summed E-state index contributed by atoms with van der Waals surface area (Å²) in [5.74, 6) is -3.40. The molecule has 8 atom stereocenters.